The third-order valence-corrected chi connectivity index (χ3v) is 4.77. The van der Waals surface area contributed by atoms with E-state index in [9.17, 15) is 19.2 Å². The Bertz CT molecular complexity index is 777. The fourth-order valence-electron chi connectivity index (χ4n) is 2.88. The summed E-state index contributed by atoms with van der Waals surface area (Å²) in [7, 11) is 0. The Kier molecular flexibility index (Phi) is 11.3. The lowest BCUT2D eigenvalue weighted by Crippen LogP contribution is -2.39. The number of carboxylic acid groups (broad SMARTS) is 2. The van der Waals surface area contributed by atoms with Crippen molar-refractivity contribution in [2.75, 3.05) is 13.2 Å². The summed E-state index contributed by atoms with van der Waals surface area (Å²) >= 11 is 0. The number of carbonyl (C=O) groups is 4. The van der Waals surface area contributed by atoms with E-state index in [-0.39, 0.29) is 51.2 Å². The average molecular weight is 437 g/mol. The smallest absolute Gasteiger partial charge is 0.323 e. The summed E-state index contributed by atoms with van der Waals surface area (Å²) in [6.45, 7) is 3.82. The van der Waals surface area contributed by atoms with Crippen molar-refractivity contribution in [2.45, 2.75) is 58.4 Å². The molecule has 0 aliphatic rings. The third-order valence-electron chi connectivity index (χ3n) is 4.77. The van der Waals surface area contributed by atoms with Crippen LogP contribution in [0.3, 0.4) is 0 Å². The van der Waals surface area contributed by atoms with Crippen LogP contribution in [-0.2, 0) is 41.5 Å². The molecule has 9 nitrogen and oxygen atoms in total. The van der Waals surface area contributed by atoms with Crippen LogP contribution in [0.1, 0.15) is 49.3 Å². The minimum atomic E-state index is -0.951. The van der Waals surface area contributed by atoms with Crippen LogP contribution >= 0.6 is 0 Å². The van der Waals surface area contributed by atoms with Gasteiger partial charge in [-0.25, -0.2) is 0 Å². The van der Waals surface area contributed by atoms with Gasteiger partial charge in [0, 0.05) is 12.8 Å². The maximum atomic E-state index is 12.1. The molecule has 0 fully saturated rings. The molecule has 0 saturated carbocycles. The molecule has 0 aromatic heterocycles. The summed E-state index contributed by atoms with van der Waals surface area (Å²) in [6.07, 6.45) is 0.928. The van der Waals surface area contributed by atoms with Gasteiger partial charge < -0.3 is 25.4 Å². The van der Waals surface area contributed by atoms with Crippen LogP contribution in [0.4, 0.5) is 0 Å². The normalized spacial score (nSPS) is 12.6. The molecule has 1 aromatic rings. The van der Waals surface area contributed by atoms with E-state index in [0.29, 0.717) is 6.42 Å². The molecule has 31 heavy (non-hydrogen) atoms. The molecule has 172 valence electrons. The lowest BCUT2D eigenvalue weighted by Gasteiger charge is -2.20. The van der Waals surface area contributed by atoms with Gasteiger partial charge in [-0.2, -0.15) is 0 Å². The van der Waals surface area contributed by atoms with E-state index in [1.54, 1.807) is 0 Å². The van der Waals surface area contributed by atoms with Crippen LogP contribution < -0.4 is 5.73 Å². The number of hydrogen-bond donors (Lipinski definition) is 3. The predicted octanol–water partition coefficient (Wildman–Crippen LogP) is 1.86. The lowest BCUT2D eigenvalue weighted by atomic mass is 9.91. The first-order valence-corrected chi connectivity index (χ1v) is 10.2. The van der Waals surface area contributed by atoms with Crippen molar-refractivity contribution in [3.8, 4) is 0 Å². The Labute approximate surface area is 181 Å². The zero-order valence-corrected chi connectivity index (χ0v) is 18.0. The maximum Gasteiger partial charge on any atom is 0.323 e. The molecule has 2 atom stereocenters. The average Bonchev–Trinajstić information content (AvgIpc) is 2.70. The molecular weight excluding hydrogens is 406 g/mol. The minimum absolute atomic E-state index is 0.00857. The Morgan fingerprint density at radius 1 is 1.00 bits per heavy atom. The van der Waals surface area contributed by atoms with E-state index >= 15 is 0 Å². The highest BCUT2D eigenvalue weighted by atomic mass is 16.5. The summed E-state index contributed by atoms with van der Waals surface area (Å²) in [5.74, 6) is -3.13. The molecule has 0 aliphatic heterocycles. The van der Waals surface area contributed by atoms with Gasteiger partial charge >= 0.3 is 23.9 Å². The fourth-order valence-corrected chi connectivity index (χ4v) is 2.88. The van der Waals surface area contributed by atoms with E-state index in [1.807, 2.05) is 32.0 Å². The van der Waals surface area contributed by atoms with Gasteiger partial charge in [-0.3, -0.25) is 19.2 Å². The van der Waals surface area contributed by atoms with Crippen molar-refractivity contribution < 1.29 is 38.9 Å². The van der Waals surface area contributed by atoms with Gasteiger partial charge in [0.05, 0.1) is 19.6 Å². The van der Waals surface area contributed by atoms with Crippen LogP contribution in [0.2, 0.25) is 0 Å². The molecule has 9 heteroatoms. The molecule has 0 amide bonds. The first kappa shape index (κ1) is 26.1. The predicted molar refractivity (Wildman–Crippen MR) is 111 cm³/mol. The highest BCUT2D eigenvalue weighted by molar-refractivity contribution is 5.76. The number of hydrogen-bond acceptors (Lipinski definition) is 7. The van der Waals surface area contributed by atoms with Crippen LogP contribution in [-0.4, -0.2) is 53.3 Å². The van der Waals surface area contributed by atoms with E-state index in [1.165, 1.54) is 0 Å². The molecule has 0 saturated heterocycles. The van der Waals surface area contributed by atoms with E-state index < -0.39 is 29.9 Å². The first-order chi connectivity index (χ1) is 14.6. The topological polar surface area (TPSA) is 153 Å². The molecule has 0 radical (unpaired) electrons. The molecule has 0 aliphatic carbocycles. The van der Waals surface area contributed by atoms with Crippen molar-refractivity contribution in [2.24, 2.45) is 11.7 Å². The van der Waals surface area contributed by atoms with Crippen molar-refractivity contribution in [1.82, 2.24) is 0 Å². The number of esters is 2. The largest absolute Gasteiger partial charge is 0.481 e. The van der Waals surface area contributed by atoms with E-state index in [2.05, 4.69) is 0 Å². The van der Waals surface area contributed by atoms with Gasteiger partial charge in [0.1, 0.15) is 6.04 Å². The SMILES string of the molecule is Cc1ccc(CC(=O)OCCCC(=O)O)cc1CC(C)[C@@H](N)C(=O)OCCCC(=O)O. The Hall–Kier alpha value is -2.94. The van der Waals surface area contributed by atoms with Crippen molar-refractivity contribution in [1.29, 1.82) is 0 Å². The van der Waals surface area contributed by atoms with Crippen LogP contribution in [0.15, 0.2) is 18.2 Å². The third kappa shape index (κ3) is 10.6. The second kappa shape index (κ2) is 13.4. The van der Waals surface area contributed by atoms with Crippen LogP contribution in [0, 0.1) is 12.8 Å². The van der Waals surface area contributed by atoms with Gasteiger partial charge in [-0.15, -0.1) is 0 Å². The van der Waals surface area contributed by atoms with Crippen molar-refractivity contribution in [3.05, 3.63) is 34.9 Å². The Morgan fingerprint density at radius 2 is 1.58 bits per heavy atom. The summed E-state index contributed by atoms with van der Waals surface area (Å²) in [4.78, 5) is 45.0. The molecule has 4 N–H and O–H groups in total. The highest BCUT2D eigenvalue weighted by Crippen LogP contribution is 2.18. The number of aliphatic carboxylic acids is 2. The zero-order valence-electron chi connectivity index (χ0n) is 18.0. The molecule has 0 heterocycles. The second-order valence-electron chi connectivity index (χ2n) is 7.53. The van der Waals surface area contributed by atoms with E-state index in [0.717, 1.165) is 16.7 Å². The first-order valence-electron chi connectivity index (χ1n) is 10.2. The molecular formula is C22H31NO8. The highest BCUT2D eigenvalue weighted by Gasteiger charge is 2.23. The summed E-state index contributed by atoms with van der Waals surface area (Å²) in [5, 5.41) is 17.2. The van der Waals surface area contributed by atoms with Gasteiger partial charge in [0.2, 0.25) is 0 Å². The number of aryl methyl sites for hydroxylation is 1. The summed E-state index contributed by atoms with van der Waals surface area (Å²) in [5.41, 5.74) is 8.69. The van der Waals surface area contributed by atoms with E-state index in [4.69, 9.17) is 25.4 Å². The Morgan fingerprint density at radius 3 is 2.16 bits per heavy atom. The van der Waals surface area contributed by atoms with Crippen molar-refractivity contribution in [3.63, 3.8) is 0 Å². The number of ether oxygens (including phenoxy) is 2. The van der Waals surface area contributed by atoms with Crippen LogP contribution in [0.25, 0.3) is 0 Å². The number of carbonyl (C=O) groups excluding carboxylic acids is 2. The fraction of sp³-hybridized carbons (Fsp3) is 0.545. The van der Waals surface area contributed by atoms with Crippen LogP contribution in [0.5, 0.6) is 0 Å². The van der Waals surface area contributed by atoms with Gasteiger partial charge in [-0.05, 0) is 48.8 Å². The number of rotatable bonds is 14. The number of benzene rings is 1. The molecule has 1 aromatic carbocycles. The molecule has 0 bridgehead atoms. The maximum absolute atomic E-state index is 12.1. The number of nitrogens with two attached hydrogens (primary N) is 1. The minimum Gasteiger partial charge on any atom is -0.481 e. The van der Waals surface area contributed by atoms with Gasteiger partial charge in [-0.1, -0.05) is 25.1 Å². The summed E-state index contributed by atoms with van der Waals surface area (Å²) in [6, 6.07) is 4.71. The second-order valence-corrected chi connectivity index (χ2v) is 7.53. The molecule has 1 rings (SSSR count). The Balaban J connectivity index is 2.57. The van der Waals surface area contributed by atoms with Crippen molar-refractivity contribution >= 4 is 23.9 Å². The summed E-state index contributed by atoms with van der Waals surface area (Å²) < 4.78 is 10.1. The van der Waals surface area contributed by atoms with Gasteiger partial charge in [0.25, 0.3) is 0 Å². The standard InChI is InChI=1S/C22H31NO8/c1-14-7-8-16(13-20(28)30-9-3-5-18(24)25)12-17(14)11-15(2)21(23)22(29)31-10-4-6-19(26)27/h7-8,12,15,21H,3-6,9-11,13,23H2,1-2H3,(H,24,25)(H,26,27)/t15?,21-/m1/s1. The molecule has 1 unspecified atom stereocenters. The lowest BCUT2D eigenvalue weighted by molar-refractivity contribution is -0.147. The van der Waals surface area contributed by atoms with Gasteiger partial charge in [0.15, 0.2) is 0 Å². The molecule has 0 spiro atoms. The monoisotopic (exact) mass is 437 g/mol. The quantitative estimate of drug-likeness (QED) is 0.292. The number of carboxylic acids is 2. The zero-order chi connectivity index (χ0) is 23.4.